The molecule has 324 valence electrons. The fourth-order valence-electron chi connectivity index (χ4n) is 6.77. The van der Waals surface area contributed by atoms with Gasteiger partial charge in [-0.1, -0.05) is 213 Å². The maximum absolute atomic E-state index is 12.6. The van der Waals surface area contributed by atoms with Crippen molar-refractivity contribution in [3.8, 4) is 0 Å². The Morgan fingerprint density at radius 1 is 0.500 bits per heavy atom. The van der Waals surface area contributed by atoms with Crippen molar-refractivity contribution in [2.45, 2.75) is 244 Å². The summed E-state index contributed by atoms with van der Waals surface area (Å²) >= 11 is 0. The van der Waals surface area contributed by atoms with Crippen LogP contribution in [0.3, 0.4) is 0 Å². The molecule has 0 bridgehead atoms. The van der Waals surface area contributed by atoms with Crippen molar-refractivity contribution >= 4 is 13.8 Å². The number of carbonyl (C=O) groups excluding carboxylic acids is 1. The molecule has 0 aromatic rings. The Balaban J connectivity index is 4.08. The van der Waals surface area contributed by atoms with Gasteiger partial charge in [-0.25, -0.2) is 4.57 Å². The monoisotopic (exact) mass is 793 g/mol. The van der Waals surface area contributed by atoms with Crippen LogP contribution in [0.5, 0.6) is 0 Å². The summed E-state index contributed by atoms with van der Waals surface area (Å²) in [5.41, 5.74) is 0. The fraction of sp³-hybridized carbons (Fsp3) is 0.977. The molecular formula is C44H89O9P. The van der Waals surface area contributed by atoms with E-state index >= 15 is 0 Å². The van der Waals surface area contributed by atoms with E-state index in [9.17, 15) is 19.4 Å². The quantitative estimate of drug-likeness (QED) is 0.0313. The van der Waals surface area contributed by atoms with E-state index in [1.54, 1.807) is 0 Å². The van der Waals surface area contributed by atoms with Crippen molar-refractivity contribution in [1.82, 2.24) is 0 Å². The number of phosphoric ester groups is 1. The van der Waals surface area contributed by atoms with Crippen LogP contribution >= 0.6 is 7.82 Å². The second kappa shape index (κ2) is 42.1. The molecule has 0 heterocycles. The summed E-state index contributed by atoms with van der Waals surface area (Å²) in [7, 11) is -4.51. The Hall–Kier alpha value is -0.540. The number of hydrogen-bond acceptors (Lipinski definition) is 8. The molecule has 0 aliphatic rings. The third kappa shape index (κ3) is 41.1. The van der Waals surface area contributed by atoms with Crippen molar-refractivity contribution in [2.24, 2.45) is 0 Å². The van der Waals surface area contributed by atoms with Crippen LogP contribution in [-0.2, 0) is 27.9 Å². The maximum Gasteiger partial charge on any atom is 0.472 e. The zero-order valence-electron chi connectivity index (χ0n) is 35.5. The molecule has 1 unspecified atom stereocenters. The highest BCUT2D eigenvalue weighted by Gasteiger charge is 2.26. The zero-order chi connectivity index (χ0) is 39.6. The van der Waals surface area contributed by atoms with Gasteiger partial charge in [0.2, 0.25) is 0 Å². The zero-order valence-corrected chi connectivity index (χ0v) is 36.4. The molecule has 9 nitrogen and oxygen atoms in total. The standard InChI is InChI=1S/C44H89O9P/c1-3-5-7-9-11-13-15-17-19-20-21-23-25-27-29-31-33-35-37-50-40-43(41-52-54(48,49)51-39-42(46)38-45)53-44(47)36-34-32-30-28-26-24-22-18-16-14-12-10-8-6-4-2/h42-43,45-46H,3-41H2,1-2H3,(H,48,49)/t42-,43+/m0/s1. The Morgan fingerprint density at radius 2 is 0.833 bits per heavy atom. The predicted octanol–water partition coefficient (Wildman–Crippen LogP) is 12.7. The molecule has 10 heteroatoms. The molecule has 3 atom stereocenters. The Kier molecular flexibility index (Phi) is 41.7. The molecule has 0 amide bonds. The fourth-order valence-corrected chi connectivity index (χ4v) is 7.56. The summed E-state index contributed by atoms with van der Waals surface area (Å²) in [6, 6.07) is 0. The Morgan fingerprint density at radius 3 is 1.20 bits per heavy atom. The van der Waals surface area contributed by atoms with Crippen molar-refractivity contribution in [3.63, 3.8) is 0 Å². The molecule has 3 N–H and O–H groups in total. The summed E-state index contributed by atoms with van der Waals surface area (Å²) in [6.07, 6.45) is 40.6. The van der Waals surface area contributed by atoms with Gasteiger partial charge in [0.25, 0.3) is 0 Å². The van der Waals surface area contributed by atoms with E-state index in [1.807, 2.05) is 0 Å². The average Bonchev–Trinajstić information content (AvgIpc) is 3.16. The normalized spacial score (nSPS) is 13.9. The lowest BCUT2D eigenvalue weighted by Crippen LogP contribution is -2.29. The molecule has 0 aliphatic carbocycles. The van der Waals surface area contributed by atoms with E-state index in [1.165, 1.54) is 180 Å². The van der Waals surface area contributed by atoms with Crippen molar-refractivity contribution < 1.29 is 43.0 Å². The highest BCUT2D eigenvalue weighted by atomic mass is 31.2. The lowest BCUT2D eigenvalue weighted by Gasteiger charge is -2.20. The van der Waals surface area contributed by atoms with Gasteiger partial charge in [0.15, 0.2) is 0 Å². The highest BCUT2D eigenvalue weighted by Crippen LogP contribution is 2.43. The number of phosphoric acid groups is 1. The van der Waals surface area contributed by atoms with E-state index in [0.717, 1.165) is 32.1 Å². The third-order valence-electron chi connectivity index (χ3n) is 10.3. The van der Waals surface area contributed by atoms with Crippen molar-refractivity contribution in [2.75, 3.05) is 33.0 Å². The minimum Gasteiger partial charge on any atom is -0.457 e. The number of aliphatic hydroxyl groups excluding tert-OH is 2. The second-order valence-electron chi connectivity index (χ2n) is 15.8. The van der Waals surface area contributed by atoms with Gasteiger partial charge in [0.1, 0.15) is 12.2 Å². The molecule has 0 rings (SSSR count). The van der Waals surface area contributed by atoms with Crippen LogP contribution in [0.2, 0.25) is 0 Å². The minimum absolute atomic E-state index is 0.0584. The van der Waals surface area contributed by atoms with E-state index in [0.29, 0.717) is 6.61 Å². The number of rotatable bonds is 45. The third-order valence-corrected chi connectivity index (χ3v) is 11.2. The molecule has 0 spiro atoms. The lowest BCUT2D eigenvalue weighted by molar-refractivity contribution is -0.154. The molecule has 0 fully saturated rings. The largest absolute Gasteiger partial charge is 0.472 e. The summed E-state index contributed by atoms with van der Waals surface area (Å²) < 4.78 is 33.4. The molecule has 54 heavy (non-hydrogen) atoms. The predicted molar refractivity (Wildman–Crippen MR) is 224 cm³/mol. The first-order valence-electron chi connectivity index (χ1n) is 23.0. The number of ether oxygens (including phenoxy) is 2. The summed E-state index contributed by atoms with van der Waals surface area (Å²) in [5.74, 6) is -0.376. The van der Waals surface area contributed by atoms with Gasteiger partial charge in [-0.05, 0) is 12.8 Å². The van der Waals surface area contributed by atoms with Crippen molar-refractivity contribution in [3.05, 3.63) is 0 Å². The van der Waals surface area contributed by atoms with E-state index in [4.69, 9.17) is 23.6 Å². The first kappa shape index (κ1) is 53.5. The topological polar surface area (TPSA) is 132 Å². The molecule has 0 saturated carbocycles. The second-order valence-corrected chi connectivity index (χ2v) is 17.2. The minimum atomic E-state index is -4.51. The highest BCUT2D eigenvalue weighted by molar-refractivity contribution is 7.47. The molecular weight excluding hydrogens is 703 g/mol. The van der Waals surface area contributed by atoms with Crippen molar-refractivity contribution in [1.29, 1.82) is 0 Å². The number of esters is 1. The van der Waals surface area contributed by atoms with Crippen LogP contribution < -0.4 is 0 Å². The molecule has 0 aliphatic heterocycles. The van der Waals surface area contributed by atoms with E-state index < -0.39 is 33.2 Å². The van der Waals surface area contributed by atoms with Gasteiger partial charge in [0, 0.05) is 13.0 Å². The summed E-state index contributed by atoms with van der Waals surface area (Å²) in [4.78, 5) is 22.6. The van der Waals surface area contributed by atoms with Gasteiger partial charge in [-0.15, -0.1) is 0 Å². The number of hydrogen-bond donors (Lipinski definition) is 3. The molecule has 0 saturated heterocycles. The average molecular weight is 793 g/mol. The number of aliphatic hydroxyl groups is 2. The van der Waals surface area contributed by atoms with Gasteiger partial charge in [-0.2, -0.15) is 0 Å². The van der Waals surface area contributed by atoms with Crippen LogP contribution in [-0.4, -0.2) is 66.3 Å². The SMILES string of the molecule is CCCCCCCCCCCCCCCCCCCCOC[C@H](COP(=O)(O)OC[C@@H](O)CO)OC(=O)CCCCCCCCCCCCCCCCC. The maximum atomic E-state index is 12.6. The van der Waals surface area contributed by atoms with Gasteiger partial charge in [-0.3, -0.25) is 13.8 Å². The van der Waals surface area contributed by atoms with E-state index in [-0.39, 0.29) is 25.6 Å². The molecule has 0 aromatic heterocycles. The molecule has 0 aromatic carbocycles. The van der Waals surface area contributed by atoms with Crippen LogP contribution in [0.25, 0.3) is 0 Å². The van der Waals surface area contributed by atoms with Gasteiger partial charge < -0.3 is 24.6 Å². The van der Waals surface area contributed by atoms with Crippen LogP contribution in [0.15, 0.2) is 0 Å². The smallest absolute Gasteiger partial charge is 0.457 e. The van der Waals surface area contributed by atoms with E-state index in [2.05, 4.69) is 13.8 Å². The summed E-state index contributed by atoms with van der Waals surface area (Å²) in [6.45, 7) is 3.58. The van der Waals surface area contributed by atoms with Crippen LogP contribution in [0, 0.1) is 0 Å². The van der Waals surface area contributed by atoms with Gasteiger partial charge in [0.05, 0.1) is 26.4 Å². The first-order chi connectivity index (χ1) is 26.3. The Bertz CT molecular complexity index is 815. The van der Waals surface area contributed by atoms with Gasteiger partial charge >= 0.3 is 13.8 Å². The number of unbranched alkanes of at least 4 members (excludes halogenated alkanes) is 31. The lowest BCUT2D eigenvalue weighted by atomic mass is 10.0. The molecule has 0 radical (unpaired) electrons. The number of carbonyl (C=O) groups is 1. The van der Waals surface area contributed by atoms with Crippen LogP contribution in [0.1, 0.15) is 232 Å². The summed E-state index contributed by atoms with van der Waals surface area (Å²) in [5, 5.41) is 18.4. The Labute approximate surface area is 333 Å². The first-order valence-corrected chi connectivity index (χ1v) is 24.5. The van der Waals surface area contributed by atoms with Crippen LogP contribution in [0.4, 0.5) is 0 Å².